The second kappa shape index (κ2) is 9.12. The number of amides is 2. The summed E-state index contributed by atoms with van der Waals surface area (Å²) >= 11 is 2.87. The number of anilines is 1. The molecule has 0 fully saturated rings. The quantitative estimate of drug-likeness (QED) is 0.619. The maximum absolute atomic E-state index is 12.0. The van der Waals surface area contributed by atoms with Gasteiger partial charge in [0.25, 0.3) is 5.91 Å². The van der Waals surface area contributed by atoms with E-state index in [9.17, 15) is 9.59 Å². The molecule has 142 valence electrons. The molecule has 2 amide bonds. The van der Waals surface area contributed by atoms with Crippen LogP contribution in [-0.4, -0.2) is 23.4 Å². The van der Waals surface area contributed by atoms with Crippen molar-refractivity contribution in [2.24, 2.45) is 0 Å². The summed E-state index contributed by atoms with van der Waals surface area (Å²) in [6.45, 7) is 1.82. The van der Waals surface area contributed by atoms with Crippen LogP contribution in [0.5, 0.6) is 5.75 Å². The van der Waals surface area contributed by atoms with Crippen LogP contribution in [0.4, 0.5) is 5.13 Å². The number of hydrogen-bond acceptors (Lipinski definition) is 7. The van der Waals surface area contributed by atoms with Crippen molar-refractivity contribution in [3.05, 3.63) is 52.2 Å². The number of aromatic nitrogens is 1. The number of nitriles is 1. The molecule has 1 aromatic carbocycles. The maximum atomic E-state index is 12.0. The van der Waals surface area contributed by atoms with E-state index in [1.54, 1.807) is 24.3 Å². The maximum Gasteiger partial charge on any atom is 0.264 e. The molecule has 7 nitrogen and oxygen atoms in total. The lowest BCUT2D eigenvalue weighted by Gasteiger charge is -2.05. The predicted octanol–water partition coefficient (Wildman–Crippen LogP) is 3.40. The van der Waals surface area contributed by atoms with Crippen molar-refractivity contribution < 1.29 is 14.3 Å². The molecule has 0 radical (unpaired) electrons. The van der Waals surface area contributed by atoms with Gasteiger partial charge in [-0.1, -0.05) is 0 Å². The highest BCUT2D eigenvalue weighted by atomic mass is 32.1. The fourth-order valence-corrected chi connectivity index (χ4v) is 3.91. The molecule has 0 saturated carbocycles. The molecule has 9 heteroatoms. The summed E-state index contributed by atoms with van der Waals surface area (Å²) in [7, 11) is 0. The van der Waals surface area contributed by atoms with Crippen LogP contribution in [-0.2, 0) is 16.1 Å². The van der Waals surface area contributed by atoms with Crippen molar-refractivity contribution in [1.29, 1.82) is 5.26 Å². The van der Waals surface area contributed by atoms with Crippen LogP contribution in [0.3, 0.4) is 0 Å². The largest absolute Gasteiger partial charge is 0.484 e. The molecule has 2 aromatic heterocycles. The number of nitrogens with zero attached hydrogens (tertiary/aromatic N) is 2. The first-order valence-electron chi connectivity index (χ1n) is 8.25. The Morgan fingerprint density at radius 1 is 1.21 bits per heavy atom. The van der Waals surface area contributed by atoms with Crippen molar-refractivity contribution >= 4 is 39.6 Å². The van der Waals surface area contributed by atoms with E-state index in [1.807, 2.05) is 23.6 Å². The Hall–Kier alpha value is -3.22. The lowest BCUT2D eigenvalue weighted by molar-refractivity contribution is -0.119. The molecule has 0 unspecified atom stereocenters. The van der Waals surface area contributed by atoms with Crippen LogP contribution < -0.4 is 15.4 Å². The molecule has 2 N–H and O–H groups in total. The Bertz CT molecular complexity index is 1020. The summed E-state index contributed by atoms with van der Waals surface area (Å²) in [5.74, 6) is 0.124. The third kappa shape index (κ3) is 5.39. The summed E-state index contributed by atoms with van der Waals surface area (Å²) < 4.78 is 5.40. The molecular weight excluding hydrogens is 396 g/mol. The standard InChI is InChI=1S/C19H16N4O3S2/c1-12(24)21-9-15-6-7-17(28-15)16-11-27-19(22-16)23-18(25)10-26-14-4-2-13(8-20)3-5-14/h2-7,11H,9-10H2,1H3,(H,21,24)(H,22,23,25). The molecule has 0 bridgehead atoms. The van der Waals surface area contributed by atoms with Crippen molar-refractivity contribution in [3.8, 4) is 22.4 Å². The first-order valence-corrected chi connectivity index (χ1v) is 9.95. The van der Waals surface area contributed by atoms with Gasteiger partial charge in [0.2, 0.25) is 5.91 Å². The van der Waals surface area contributed by atoms with Crippen molar-refractivity contribution in [2.75, 3.05) is 11.9 Å². The van der Waals surface area contributed by atoms with Crippen LogP contribution in [0.15, 0.2) is 41.8 Å². The Morgan fingerprint density at radius 3 is 2.71 bits per heavy atom. The summed E-state index contributed by atoms with van der Waals surface area (Å²) in [6, 6.07) is 12.4. The molecule has 0 aliphatic carbocycles. The van der Waals surface area contributed by atoms with Crippen LogP contribution >= 0.6 is 22.7 Å². The van der Waals surface area contributed by atoms with E-state index in [0.29, 0.717) is 23.0 Å². The summed E-state index contributed by atoms with van der Waals surface area (Å²) in [5, 5.41) is 16.6. The van der Waals surface area contributed by atoms with Crippen LogP contribution in [0.25, 0.3) is 10.6 Å². The Labute approximate surface area is 169 Å². The molecule has 28 heavy (non-hydrogen) atoms. The first kappa shape index (κ1) is 19.5. The number of rotatable bonds is 7. The molecule has 0 saturated heterocycles. The first-order chi connectivity index (χ1) is 13.5. The number of nitrogens with one attached hydrogen (secondary N) is 2. The smallest absolute Gasteiger partial charge is 0.264 e. The van der Waals surface area contributed by atoms with Gasteiger partial charge in [-0.3, -0.25) is 14.9 Å². The summed E-state index contributed by atoms with van der Waals surface area (Å²) in [5.41, 5.74) is 1.30. The highest BCUT2D eigenvalue weighted by Crippen LogP contribution is 2.30. The average molecular weight is 412 g/mol. The second-order valence-corrected chi connectivity index (χ2v) is 7.71. The van der Waals surface area contributed by atoms with Gasteiger partial charge in [-0.2, -0.15) is 5.26 Å². The zero-order chi connectivity index (χ0) is 19.9. The number of carbonyl (C=O) groups is 2. The van der Waals surface area contributed by atoms with Gasteiger partial charge in [-0.25, -0.2) is 4.98 Å². The Morgan fingerprint density at radius 2 is 2.00 bits per heavy atom. The number of ether oxygens (including phenoxy) is 1. The van der Waals surface area contributed by atoms with Gasteiger partial charge in [0.05, 0.1) is 28.7 Å². The molecule has 2 heterocycles. The van der Waals surface area contributed by atoms with Crippen LogP contribution in [0.1, 0.15) is 17.4 Å². The number of carbonyl (C=O) groups excluding carboxylic acids is 2. The zero-order valence-electron chi connectivity index (χ0n) is 14.9. The van der Waals surface area contributed by atoms with Crippen molar-refractivity contribution in [3.63, 3.8) is 0 Å². The summed E-state index contributed by atoms with van der Waals surface area (Å²) in [6.07, 6.45) is 0. The number of hydrogen-bond donors (Lipinski definition) is 2. The Balaban J connectivity index is 1.53. The monoisotopic (exact) mass is 412 g/mol. The molecule has 0 spiro atoms. The van der Waals surface area contributed by atoms with Gasteiger partial charge in [-0.15, -0.1) is 22.7 Å². The third-order valence-corrected chi connectivity index (χ3v) is 5.40. The molecule has 3 aromatic rings. The van der Waals surface area contributed by atoms with Gasteiger partial charge in [0.1, 0.15) is 5.75 Å². The van der Waals surface area contributed by atoms with E-state index in [0.717, 1.165) is 15.4 Å². The minimum atomic E-state index is -0.317. The lowest BCUT2D eigenvalue weighted by Crippen LogP contribution is -2.20. The van der Waals surface area contributed by atoms with E-state index in [2.05, 4.69) is 15.6 Å². The normalized spacial score (nSPS) is 10.1. The topological polar surface area (TPSA) is 104 Å². The average Bonchev–Trinajstić information content (AvgIpc) is 3.34. The van der Waals surface area contributed by atoms with E-state index in [-0.39, 0.29) is 18.4 Å². The Kier molecular flexibility index (Phi) is 6.37. The molecule has 0 aliphatic heterocycles. The fourth-order valence-electron chi connectivity index (χ4n) is 2.20. The number of benzene rings is 1. The minimum absolute atomic E-state index is 0.0724. The van der Waals surface area contributed by atoms with Gasteiger partial charge in [0, 0.05) is 17.2 Å². The fraction of sp³-hybridized carbons (Fsp3) is 0.158. The SMILES string of the molecule is CC(=O)NCc1ccc(-c2csc(NC(=O)COc3ccc(C#N)cc3)n2)s1. The van der Waals surface area contributed by atoms with E-state index in [1.165, 1.54) is 29.6 Å². The lowest BCUT2D eigenvalue weighted by atomic mass is 10.2. The number of thiazole rings is 1. The van der Waals surface area contributed by atoms with Crippen LogP contribution in [0, 0.1) is 11.3 Å². The van der Waals surface area contributed by atoms with E-state index in [4.69, 9.17) is 10.00 Å². The van der Waals surface area contributed by atoms with Gasteiger partial charge < -0.3 is 10.1 Å². The van der Waals surface area contributed by atoms with Crippen molar-refractivity contribution in [1.82, 2.24) is 10.3 Å². The molecule has 0 aliphatic rings. The predicted molar refractivity (Wildman–Crippen MR) is 108 cm³/mol. The summed E-state index contributed by atoms with van der Waals surface area (Å²) in [4.78, 5) is 29.5. The second-order valence-electron chi connectivity index (χ2n) is 5.69. The third-order valence-electron chi connectivity index (χ3n) is 3.53. The molecule has 3 rings (SSSR count). The van der Waals surface area contributed by atoms with E-state index >= 15 is 0 Å². The number of thiophene rings is 1. The van der Waals surface area contributed by atoms with Gasteiger partial charge in [0.15, 0.2) is 11.7 Å². The van der Waals surface area contributed by atoms with Gasteiger partial charge >= 0.3 is 0 Å². The highest BCUT2D eigenvalue weighted by molar-refractivity contribution is 7.17. The zero-order valence-corrected chi connectivity index (χ0v) is 16.5. The highest BCUT2D eigenvalue weighted by Gasteiger charge is 2.11. The van der Waals surface area contributed by atoms with E-state index < -0.39 is 0 Å². The van der Waals surface area contributed by atoms with Crippen LogP contribution in [0.2, 0.25) is 0 Å². The molecular formula is C19H16N4O3S2. The van der Waals surface area contributed by atoms with Gasteiger partial charge in [-0.05, 0) is 36.4 Å². The molecule has 0 atom stereocenters. The minimum Gasteiger partial charge on any atom is -0.484 e. The van der Waals surface area contributed by atoms with Crippen molar-refractivity contribution in [2.45, 2.75) is 13.5 Å².